The number of nitrogens with zero attached hydrogens (tertiary/aromatic N) is 4. The third kappa shape index (κ3) is 0.627. The monoisotopic (exact) mass is 111 g/mol. The summed E-state index contributed by atoms with van der Waals surface area (Å²) in [7, 11) is 0. The highest BCUT2D eigenvalue weighted by atomic mass is 15.6. The van der Waals surface area contributed by atoms with E-state index < -0.39 is 5.79 Å². The molecule has 5 nitrogen and oxygen atoms in total. The van der Waals surface area contributed by atoms with Crippen LogP contribution in [0.1, 0.15) is 0 Å². The molecule has 1 aliphatic rings. The molecule has 0 saturated heterocycles. The van der Waals surface area contributed by atoms with Crippen molar-refractivity contribution in [2.45, 2.75) is 5.79 Å². The Kier molecular flexibility index (Phi) is 0.911. The zero-order valence-corrected chi connectivity index (χ0v) is 4.15. The fourth-order valence-corrected chi connectivity index (χ4v) is 0.285. The third-order valence-electron chi connectivity index (χ3n) is 0.750. The summed E-state index contributed by atoms with van der Waals surface area (Å²) in [6, 6.07) is 0. The van der Waals surface area contributed by atoms with E-state index >= 15 is 0 Å². The van der Waals surface area contributed by atoms with Gasteiger partial charge in [0.05, 0.1) is 0 Å². The first-order valence-corrected chi connectivity index (χ1v) is 2.03. The van der Waals surface area contributed by atoms with Crippen molar-refractivity contribution in [3.63, 3.8) is 0 Å². The van der Waals surface area contributed by atoms with Gasteiger partial charge in [-0.2, -0.15) is 0 Å². The Morgan fingerprint density at radius 2 is 1.88 bits per heavy atom. The number of hydrogen-bond acceptors (Lipinski definition) is 5. The molecule has 0 radical (unpaired) electrons. The molecule has 0 fully saturated rings. The summed E-state index contributed by atoms with van der Waals surface area (Å²) < 4.78 is 0. The van der Waals surface area contributed by atoms with Crippen molar-refractivity contribution in [1.82, 2.24) is 0 Å². The molecule has 5 heteroatoms. The van der Waals surface area contributed by atoms with Gasteiger partial charge in [0.2, 0.25) is 0 Å². The Hall–Kier alpha value is -1.10. The van der Waals surface area contributed by atoms with Crippen LogP contribution in [0.4, 0.5) is 0 Å². The second-order valence-corrected chi connectivity index (χ2v) is 1.37. The number of rotatable bonds is 1. The van der Waals surface area contributed by atoms with Crippen LogP contribution in [-0.4, -0.2) is 5.79 Å². The van der Waals surface area contributed by atoms with Gasteiger partial charge in [-0.1, -0.05) is 6.58 Å². The largest absolute Gasteiger partial charge is 0.282 e. The quantitative estimate of drug-likeness (QED) is 0.494. The van der Waals surface area contributed by atoms with Gasteiger partial charge in [-0.05, 0) is 16.5 Å². The molecular formula is C3H5N5. The molecule has 0 bridgehead atoms. The van der Waals surface area contributed by atoms with Crippen LogP contribution in [0.5, 0.6) is 0 Å². The number of hydrogen-bond donors (Lipinski definition) is 1. The molecule has 1 aliphatic heterocycles. The standard InChI is InChI=1S/C3H5N5/c1-2-3(4)5-7-8-6-3/h2H,1,4H2. The maximum absolute atomic E-state index is 5.32. The summed E-state index contributed by atoms with van der Waals surface area (Å²) in [5.41, 5.74) is 5.32. The van der Waals surface area contributed by atoms with E-state index in [1.807, 2.05) is 0 Å². The molecular weight excluding hydrogens is 106 g/mol. The minimum atomic E-state index is -1.08. The minimum absolute atomic E-state index is 1.08. The summed E-state index contributed by atoms with van der Waals surface area (Å²) in [5.74, 6) is -1.08. The van der Waals surface area contributed by atoms with Gasteiger partial charge >= 0.3 is 0 Å². The van der Waals surface area contributed by atoms with Gasteiger partial charge < -0.3 is 0 Å². The van der Waals surface area contributed by atoms with Crippen molar-refractivity contribution in [2.24, 2.45) is 26.4 Å². The fraction of sp³-hybridized carbons (Fsp3) is 0.333. The molecule has 0 aromatic carbocycles. The van der Waals surface area contributed by atoms with Gasteiger partial charge in [-0.25, -0.2) is 0 Å². The average molecular weight is 111 g/mol. The van der Waals surface area contributed by atoms with Gasteiger partial charge in [-0.15, -0.1) is 10.2 Å². The Bertz CT molecular complexity index is 145. The Morgan fingerprint density at radius 1 is 1.38 bits per heavy atom. The smallest absolute Gasteiger partial charge is 0.263 e. The van der Waals surface area contributed by atoms with Crippen molar-refractivity contribution < 1.29 is 0 Å². The zero-order valence-electron chi connectivity index (χ0n) is 4.15. The van der Waals surface area contributed by atoms with E-state index in [9.17, 15) is 0 Å². The lowest BCUT2D eigenvalue weighted by molar-refractivity contribution is 0.581. The predicted octanol–water partition coefficient (Wildman–Crippen LogP) is 0.618. The molecule has 0 amide bonds. The van der Waals surface area contributed by atoms with Crippen LogP contribution in [0.2, 0.25) is 0 Å². The van der Waals surface area contributed by atoms with E-state index in [2.05, 4.69) is 27.3 Å². The normalized spacial score (nSPS) is 21.6. The summed E-state index contributed by atoms with van der Waals surface area (Å²) in [6.07, 6.45) is 1.37. The number of nitrogens with two attached hydrogens (primary N) is 1. The first-order chi connectivity index (χ1) is 3.77. The molecule has 2 N–H and O–H groups in total. The van der Waals surface area contributed by atoms with E-state index in [-0.39, 0.29) is 0 Å². The van der Waals surface area contributed by atoms with Crippen molar-refractivity contribution in [1.29, 1.82) is 0 Å². The Morgan fingerprint density at radius 3 is 2.12 bits per heavy atom. The molecule has 0 aromatic heterocycles. The summed E-state index contributed by atoms with van der Waals surface area (Å²) in [4.78, 5) is 0. The Balaban J connectivity index is 2.83. The fourth-order valence-electron chi connectivity index (χ4n) is 0.285. The van der Waals surface area contributed by atoms with Gasteiger partial charge in [0.1, 0.15) is 0 Å². The van der Waals surface area contributed by atoms with E-state index in [1.54, 1.807) is 0 Å². The van der Waals surface area contributed by atoms with Crippen LogP contribution in [-0.2, 0) is 0 Å². The first kappa shape index (κ1) is 5.04. The maximum Gasteiger partial charge on any atom is 0.263 e. The summed E-state index contributed by atoms with van der Waals surface area (Å²) >= 11 is 0. The van der Waals surface area contributed by atoms with Crippen LogP contribution in [0, 0.1) is 0 Å². The highest BCUT2D eigenvalue weighted by Gasteiger charge is 2.21. The lowest BCUT2D eigenvalue weighted by Crippen LogP contribution is -2.29. The van der Waals surface area contributed by atoms with Crippen molar-refractivity contribution in [3.8, 4) is 0 Å². The molecule has 0 aromatic rings. The van der Waals surface area contributed by atoms with Crippen LogP contribution < -0.4 is 5.73 Å². The topological polar surface area (TPSA) is 75.5 Å². The molecule has 0 unspecified atom stereocenters. The van der Waals surface area contributed by atoms with E-state index in [0.29, 0.717) is 0 Å². The van der Waals surface area contributed by atoms with Gasteiger partial charge in [0, 0.05) is 0 Å². The molecule has 0 saturated carbocycles. The Labute approximate surface area is 46.0 Å². The summed E-state index contributed by atoms with van der Waals surface area (Å²) in [6.45, 7) is 3.38. The van der Waals surface area contributed by atoms with Gasteiger partial charge in [0.25, 0.3) is 5.79 Å². The molecule has 1 heterocycles. The molecule has 0 aliphatic carbocycles. The van der Waals surface area contributed by atoms with Crippen LogP contribution in [0.15, 0.2) is 33.3 Å². The van der Waals surface area contributed by atoms with E-state index in [0.717, 1.165) is 0 Å². The van der Waals surface area contributed by atoms with Crippen molar-refractivity contribution in [3.05, 3.63) is 12.7 Å². The second kappa shape index (κ2) is 1.45. The van der Waals surface area contributed by atoms with Gasteiger partial charge in [0.15, 0.2) is 0 Å². The van der Waals surface area contributed by atoms with Crippen molar-refractivity contribution in [2.75, 3.05) is 0 Å². The first-order valence-electron chi connectivity index (χ1n) is 2.03. The molecule has 42 valence electrons. The third-order valence-corrected chi connectivity index (χ3v) is 0.750. The van der Waals surface area contributed by atoms with Crippen LogP contribution in [0.25, 0.3) is 0 Å². The predicted molar refractivity (Wildman–Crippen MR) is 26.8 cm³/mol. The van der Waals surface area contributed by atoms with E-state index in [1.165, 1.54) is 6.08 Å². The van der Waals surface area contributed by atoms with Crippen LogP contribution >= 0.6 is 0 Å². The van der Waals surface area contributed by atoms with Crippen molar-refractivity contribution >= 4 is 0 Å². The molecule has 0 atom stereocenters. The van der Waals surface area contributed by atoms with Crippen LogP contribution in [0.3, 0.4) is 0 Å². The maximum atomic E-state index is 5.32. The second-order valence-electron chi connectivity index (χ2n) is 1.37. The summed E-state index contributed by atoms with van der Waals surface area (Å²) in [5, 5.41) is 13.3. The molecule has 0 spiro atoms. The SMILES string of the molecule is C=CC1(N)N=NN=N1. The minimum Gasteiger partial charge on any atom is -0.282 e. The lowest BCUT2D eigenvalue weighted by Gasteiger charge is -2.03. The van der Waals surface area contributed by atoms with E-state index in [4.69, 9.17) is 5.73 Å². The highest BCUT2D eigenvalue weighted by molar-refractivity contribution is 4.95. The lowest BCUT2D eigenvalue weighted by atomic mass is 10.4. The highest BCUT2D eigenvalue weighted by Crippen LogP contribution is 2.12. The van der Waals surface area contributed by atoms with Gasteiger partial charge in [-0.3, -0.25) is 5.73 Å². The molecule has 1 rings (SSSR count). The zero-order chi connectivity index (χ0) is 6.04. The molecule has 8 heavy (non-hydrogen) atoms. The average Bonchev–Trinajstić information content (AvgIpc) is 2.17.